The molecule has 0 saturated heterocycles. The van der Waals surface area contributed by atoms with Gasteiger partial charge in [-0.3, -0.25) is 0 Å². The van der Waals surface area contributed by atoms with Gasteiger partial charge in [0.2, 0.25) is 0 Å². The molecular formula is C51H30N4O2. The third kappa shape index (κ3) is 4.94. The van der Waals surface area contributed by atoms with E-state index in [1.165, 1.54) is 10.8 Å². The van der Waals surface area contributed by atoms with Gasteiger partial charge in [0.1, 0.15) is 22.3 Å². The quantitative estimate of drug-likeness (QED) is 0.176. The van der Waals surface area contributed by atoms with E-state index < -0.39 is 0 Å². The van der Waals surface area contributed by atoms with E-state index in [4.69, 9.17) is 23.8 Å². The minimum absolute atomic E-state index is 0.559. The topological polar surface area (TPSA) is 69.9 Å². The molecule has 57 heavy (non-hydrogen) atoms. The fourth-order valence-electron chi connectivity index (χ4n) is 8.46. The highest BCUT2D eigenvalue weighted by atomic mass is 16.3. The monoisotopic (exact) mass is 730 g/mol. The minimum Gasteiger partial charge on any atom is -0.456 e. The summed E-state index contributed by atoms with van der Waals surface area (Å²) in [7, 11) is 0. The molecule has 12 rings (SSSR count). The number of benzene rings is 8. The van der Waals surface area contributed by atoms with Crippen molar-refractivity contribution in [3.63, 3.8) is 0 Å². The zero-order valence-corrected chi connectivity index (χ0v) is 30.4. The predicted molar refractivity (Wildman–Crippen MR) is 230 cm³/mol. The minimum atomic E-state index is 0.559. The molecule has 0 aliphatic rings. The van der Waals surface area contributed by atoms with Crippen LogP contribution in [0.25, 0.3) is 117 Å². The van der Waals surface area contributed by atoms with Gasteiger partial charge in [-0.1, -0.05) is 133 Å². The number of hydrogen-bond acceptors (Lipinski definition) is 5. The maximum absolute atomic E-state index is 6.76. The molecule has 4 heterocycles. The van der Waals surface area contributed by atoms with Gasteiger partial charge in [0.05, 0.1) is 11.0 Å². The van der Waals surface area contributed by atoms with Crippen molar-refractivity contribution in [3.05, 3.63) is 182 Å². The predicted octanol–water partition coefficient (Wildman–Crippen LogP) is 13.4. The van der Waals surface area contributed by atoms with Gasteiger partial charge < -0.3 is 13.4 Å². The SMILES string of the molecule is c1ccc(-c2nc(-c3ccc4c(c3)oc3ccccc34)nc(-c3ccccc3-c3cc(-n4c5ccccc5c5ccccc54)cc4c3oc3ccccc34)n2)cc1. The molecule has 12 aromatic rings. The lowest BCUT2D eigenvalue weighted by molar-refractivity contribution is 0.669. The lowest BCUT2D eigenvalue weighted by atomic mass is 9.96. The fourth-order valence-corrected chi connectivity index (χ4v) is 8.46. The van der Waals surface area contributed by atoms with Crippen LogP contribution in [0.3, 0.4) is 0 Å². The number of para-hydroxylation sites is 4. The smallest absolute Gasteiger partial charge is 0.164 e. The molecule has 4 aromatic heterocycles. The van der Waals surface area contributed by atoms with Crippen LogP contribution in [0.15, 0.2) is 191 Å². The zero-order chi connectivity index (χ0) is 37.5. The van der Waals surface area contributed by atoms with Gasteiger partial charge in [0.15, 0.2) is 17.5 Å². The molecule has 6 nitrogen and oxygen atoms in total. The average molecular weight is 731 g/mol. The Labute approximate surface area is 325 Å². The number of fused-ring (bicyclic) bond motifs is 9. The van der Waals surface area contributed by atoms with Crippen LogP contribution in [0.5, 0.6) is 0 Å². The van der Waals surface area contributed by atoms with Crippen LogP contribution in [0.2, 0.25) is 0 Å². The van der Waals surface area contributed by atoms with Crippen LogP contribution < -0.4 is 0 Å². The summed E-state index contributed by atoms with van der Waals surface area (Å²) in [5.74, 6) is 1.71. The molecule has 0 aliphatic heterocycles. The second-order valence-corrected chi connectivity index (χ2v) is 14.4. The standard InChI is InChI=1S/C51H30N4O2/c1-2-14-31(15-3-1)49-52-50(32-26-27-39-37-19-8-12-24-45(37)56-47(39)28-32)54-51(53-49)40-21-5-4-16-34(40)41-29-33(30-42-38-20-9-13-25-46(38)57-48(41)42)55-43-22-10-6-17-35(43)36-18-7-11-23-44(36)55/h1-30H. The van der Waals surface area contributed by atoms with Gasteiger partial charge in [0.25, 0.3) is 0 Å². The van der Waals surface area contributed by atoms with Crippen LogP contribution in [0.1, 0.15) is 0 Å². The van der Waals surface area contributed by atoms with E-state index in [2.05, 4.69) is 114 Å². The first kappa shape index (κ1) is 31.5. The molecule has 0 spiro atoms. The molecule has 0 N–H and O–H groups in total. The van der Waals surface area contributed by atoms with Crippen molar-refractivity contribution in [2.24, 2.45) is 0 Å². The Balaban J connectivity index is 1.12. The van der Waals surface area contributed by atoms with Crippen molar-refractivity contribution >= 4 is 65.7 Å². The average Bonchev–Trinajstić information content (AvgIpc) is 3.95. The third-order valence-corrected chi connectivity index (χ3v) is 11.1. The van der Waals surface area contributed by atoms with Gasteiger partial charge in [-0.15, -0.1) is 0 Å². The van der Waals surface area contributed by atoms with Crippen LogP contribution >= 0.6 is 0 Å². The molecule has 0 amide bonds. The van der Waals surface area contributed by atoms with Crippen LogP contribution in [-0.4, -0.2) is 19.5 Å². The number of nitrogens with zero attached hydrogens (tertiary/aromatic N) is 4. The van der Waals surface area contributed by atoms with Crippen molar-refractivity contribution < 1.29 is 8.83 Å². The maximum atomic E-state index is 6.76. The molecule has 8 aromatic carbocycles. The summed E-state index contributed by atoms with van der Waals surface area (Å²) in [4.78, 5) is 15.5. The van der Waals surface area contributed by atoms with E-state index in [1.807, 2.05) is 72.8 Å². The second kappa shape index (κ2) is 12.3. The van der Waals surface area contributed by atoms with Crippen LogP contribution in [-0.2, 0) is 0 Å². The first-order valence-corrected chi connectivity index (χ1v) is 19.0. The summed E-state index contributed by atoms with van der Waals surface area (Å²) in [6.45, 7) is 0. The summed E-state index contributed by atoms with van der Waals surface area (Å²) < 4.78 is 15.4. The Kier molecular flexibility index (Phi) is 6.83. The zero-order valence-electron chi connectivity index (χ0n) is 30.4. The van der Waals surface area contributed by atoms with E-state index >= 15 is 0 Å². The summed E-state index contributed by atoms with van der Waals surface area (Å²) >= 11 is 0. The van der Waals surface area contributed by atoms with Gasteiger partial charge in [-0.05, 0) is 54.1 Å². The summed E-state index contributed by atoms with van der Waals surface area (Å²) in [5.41, 5.74) is 11.1. The highest BCUT2D eigenvalue weighted by molar-refractivity contribution is 6.13. The Hall–Kier alpha value is -7.83. The molecule has 0 aliphatic carbocycles. The number of rotatable bonds is 5. The van der Waals surface area contributed by atoms with E-state index in [0.717, 1.165) is 88.4 Å². The Morgan fingerprint density at radius 3 is 1.61 bits per heavy atom. The van der Waals surface area contributed by atoms with E-state index in [9.17, 15) is 0 Å². The number of furan rings is 2. The van der Waals surface area contributed by atoms with E-state index in [0.29, 0.717) is 17.5 Å². The first-order valence-electron chi connectivity index (χ1n) is 19.0. The van der Waals surface area contributed by atoms with Gasteiger partial charge in [0, 0.05) is 60.3 Å². The number of hydrogen-bond donors (Lipinski definition) is 0. The molecule has 266 valence electrons. The van der Waals surface area contributed by atoms with Crippen molar-refractivity contribution in [1.29, 1.82) is 0 Å². The summed E-state index contributed by atoms with van der Waals surface area (Å²) in [6.07, 6.45) is 0. The van der Waals surface area contributed by atoms with Crippen molar-refractivity contribution in [2.45, 2.75) is 0 Å². The molecule has 0 saturated carbocycles. The Morgan fingerprint density at radius 1 is 0.333 bits per heavy atom. The second-order valence-electron chi connectivity index (χ2n) is 14.4. The van der Waals surface area contributed by atoms with Gasteiger partial charge in [-0.2, -0.15) is 0 Å². The van der Waals surface area contributed by atoms with Gasteiger partial charge in [-0.25, -0.2) is 15.0 Å². The molecule has 0 bridgehead atoms. The fraction of sp³-hybridized carbons (Fsp3) is 0. The highest BCUT2D eigenvalue weighted by Crippen LogP contribution is 2.43. The van der Waals surface area contributed by atoms with Gasteiger partial charge >= 0.3 is 0 Å². The first-order chi connectivity index (χ1) is 28.2. The van der Waals surface area contributed by atoms with E-state index in [-0.39, 0.29) is 0 Å². The summed E-state index contributed by atoms with van der Waals surface area (Å²) in [5, 5.41) is 6.64. The molecule has 0 radical (unpaired) electrons. The summed E-state index contributed by atoms with van der Waals surface area (Å²) in [6, 6.07) is 62.7. The van der Waals surface area contributed by atoms with Crippen molar-refractivity contribution in [3.8, 4) is 51.0 Å². The van der Waals surface area contributed by atoms with E-state index in [1.54, 1.807) is 0 Å². The lowest BCUT2D eigenvalue weighted by Crippen LogP contribution is -2.01. The Morgan fingerprint density at radius 2 is 0.877 bits per heavy atom. The highest BCUT2D eigenvalue weighted by Gasteiger charge is 2.22. The van der Waals surface area contributed by atoms with Crippen molar-refractivity contribution in [2.75, 3.05) is 0 Å². The number of aromatic nitrogens is 4. The molecule has 0 fully saturated rings. The molecule has 0 atom stereocenters. The maximum Gasteiger partial charge on any atom is 0.164 e. The van der Waals surface area contributed by atoms with Crippen LogP contribution in [0, 0.1) is 0 Å². The largest absolute Gasteiger partial charge is 0.456 e. The Bertz CT molecular complexity index is 3490. The lowest BCUT2D eigenvalue weighted by Gasteiger charge is -2.15. The normalized spacial score (nSPS) is 11.9. The van der Waals surface area contributed by atoms with Crippen molar-refractivity contribution in [1.82, 2.24) is 19.5 Å². The molecular weight excluding hydrogens is 701 g/mol. The van der Waals surface area contributed by atoms with Crippen LogP contribution in [0.4, 0.5) is 0 Å². The molecule has 0 unspecified atom stereocenters. The third-order valence-electron chi connectivity index (χ3n) is 11.1. The molecule has 6 heteroatoms.